The van der Waals surface area contributed by atoms with Crippen LogP contribution in [-0.4, -0.2) is 22.2 Å². The Kier molecular flexibility index (Phi) is 4.22. The van der Waals surface area contributed by atoms with Crippen LogP contribution in [0.3, 0.4) is 0 Å². The normalized spacial score (nSPS) is 17.8. The number of benzene rings is 1. The van der Waals surface area contributed by atoms with Gasteiger partial charge in [-0.25, -0.2) is 0 Å². The molecule has 4 nitrogen and oxygen atoms in total. The van der Waals surface area contributed by atoms with Gasteiger partial charge in [-0.2, -0.15) is 5.10 Å². The molecule has 4 heteroatoms. The largest absolute Gasteiger partial charge is 0.354 e. The number of hydrazone groups is 1. The number of rotatable bonds is 4. The summed E-state index contributed by atoms with van der Waals surface area (Å²) in [6.07, 6.45) is 4.07. The van der Waals surface area contributed by atoms with Crippen molar-refractivity contribution in [3.8, 4) is 0 Å². The van der Waals surface area contributed by atoms with Crippen molar-refractivity contribution >= 4 is 27.5 Å². The first kappa shape index (κ1) is 17.1. The van der Waals surface area contributed by atoms with E-state index in [-0.39, 0.29) is 5.41 Å². The van der Waals surface area contributed by atoms with Crippen molar-refractivity contribution in [1.29, 1.82) is 0 Å². The van der Waals surface area contributed by atoms with Gasteiger partial charge in [0, 0.05) is 28.4 Å². The first-order valence-electron chi connectivity index (χ1n) is 9.76. The SMILES string of the molecule is CCCc1nc2c(c3[nH]c4ccccc4c13)/C(=N\NCC)CC(C)(C)C2. The van der Waals surface area contributed by atoms with E-state index in [0.29, 0.717) is 0 Å². The summed E-state index contributed by atoms with van der Waals surface area (Å²) in [5.41, 5.74) is 10.5. The molecule has 136 valence electrons. The summed E-state index contributed by atoms with van der Waals surface area (Å²) in [5, 5.41) is 7.30. The smallest absolute Gasteiger partial charge is 0.0720 e. The second-order valence-corrected chi connectivity index (χ2v) is 8.14. The van der Waals surface area contributed by atoms with Crippen LogP contribution in [0.5, 0.6) is 0 Å². The Morgan fingerprint density at radius 3 is 2.77 bits per heavy atom. The maximum absolute atomic E-state index is 5.18. The van der Waals surface area contributed by atoms with Crippen LogP contribution in [0.15, 0.2) is 29.4 Å². The van der Waals surface area contributed by atoms with Crippen molar-refractivity contribution in [3.63, 3.8) is 0 Å². The number of nitrogens with zero attached hydrogens (tertiary/aromatic N) is 2. The fourth-order valence-corrected chi connectivity index (χ4v) is 4.23. The highest BCUT2D eigenvalue weighted by atomic mass is 15.3. The third kappa shape index (κ3) is 2.77. The number of pyridine rings is 1. The van der Waals surface area contributed by atoms with Crippen LogP contribution < -0.4 is 5.43 Å². The van der Waals surface area contributed by atoms with Gasteiger partial charge in [0.25, 0.3) is 0 Å². The second-order valence-electron chi connectivity index (χ2n) is 8.14. The maximum atomic E-state index is 5.18. The summed E-state index contributed by atoms with van der Waals surface area (Å²) >= 11 is 0. The predicted molar refractivity (Wildman–Crippen MR) is 110 cm³/mol. The van der Waals surface area contributed by atoms with E-state index in [1.165, 1.54) is 38.8 Å². The first-order chi connectivity index (χ1) is 12.5. The fraction of sp³-hybridized carbons (Fsp3) is 0.455. The van der Waals surface area contributed by atoms with Crippen molar-refractivity contribution in [2.24, 2.45) is 10.5 Å². The van der Waals surface area contributed by atoms with Gasteiger partial charge in [-0.3, -0.25) is 4.98 Å². The van der Waals surface area contributed by atoms with Gasteiger partial charge in [-0.15, -0.1) is 0 Å². The van der Waals surface area contributed by atoms with E-state index < -0.39 is 0 Å². The first-order valence-corrected chi connectivity index (χ1v) is 9.76. The molecule has 0 fully saturated rings. The van der Waals surface area contributed by atoms with Gasteiger partial charge in [-0.1, -0.05) is 45.4 Å². The summed E-state index contributed by atoms with van der Waals surface area (Å²) < 4.78 is 0. The van der Waals surface area contributed by atoms with Crippen molar-refractivity contribution in [1.82, 2.24) is 15.4 Å². The van der Waals surface area contributed by atoms with E-state index in [0.717, 1.165) is 37.9 Å². The molecule has 0 unspecified atom stereocenters. The van der Waals surface area contributed by atoms with Crippen LogP contribution in [0.4, 0.5) is 0 Å². The molecule has 1 aliphatic rings. The van der Waals surface area contributed by atoms with Crippen LogP contribution in [0, 0.1) is 5.41 Å². The van der Waals surface area contributed by atoms with Gasteiger partial charge in [0.2, 0.25) is 0 Å². The lowest BCUT2D eigenvalue weighted by atomic mass is 9.74. The minimum atomic E-state index is 0.178. The van der Waals surface area contributed by atoms with E-state index in [9.17, 15) is 0 Å². The van der Waals surface area contributed by atoms with E-state index in [1.807, 2.05) is 0 Å². The molecular formula is C22H28N4. The monoisotopic (exact) mass is 348 g/mol. The number of hydrogen-bond donors (Lipinski definition) is 2. The molecule has 2 heterocycles. The molecular weight excluding hydrogens is 320 g/mol. The molecule has 0 aliphatic heterocycles. The van der Waals surface area contributed by atoms with E-state index >= 15 is 0 Å². The van der Waals surface area contributed by atoms with Crippen molar-refractivity contribution in [2.45, 2.75) is 53.4 Å². The third-order valence-corrected chi connectivity index (χ3v) is 5.24. The molecule has 0 atom stereocenters. The lowest BCUT2D eigenvalue weighted by molar-refractivity contribution is 0.367. The maximum Gasteiger partial charge on any atom is 0.0720 e. The Hall–Kier alpha value is -2.36. The topological polar surface area (TPSA) is 53.1 Å². The zero-order valence-corrected chi connectivity index (χ0v) is 16.2. The molecule has 2 N–H and O–H groups in total. The Balaban J connectivity index is 2.08. The van der Waals surface area contributed by atoms with Gasteiger partial charge >= 0.3 is 0 Å². The molecule has 0 spiro atoms. The van der Waals surface area contributed by atoms with E-state index in [2.05, 4.69) is 62.4 Å². The predicted octanol–water partition coefficient (Wildman–Crippen LogP) is 4.95. The zero-order chi connectivity index (χ0) is 18.3. The number of aromatic amines is 1. The van der Waals surface area contributed by atoms with Crippen molar-refractivity contribution in [3.05, 3.63) is 41.2 Å². The summed E-state index contributed by atoms with van der Waals surface area (Å²) in [4.78, 5) is 8.87. The zero-order valence-electron chi connectivity index (χ0n) is 16.2. The number of aromatic nitrogens is 2. The van der Waals surface area contributed by atoms with Crippen molar-refractivity contribution < 1.29 is 0 Å². The molecule has 26 heavy (non-hydrogen) atoms. The number of nitrogens with one attached hydrogen (secondary N) is 2. The average molecular weight is 348 g/mol. The van der Waals surface area contributed by atoms with Gasteiger partial charge in [-0.05, 0) is 37.7 Å². The molecule has 4 rings (SSSR count). The molecule has 1 aliphatic carbocycles. The van der Waals surface area contributed by atoms with Crippen LogP contribution in [0.2, 0.25) is 0 Å². The van der Waals surface area contributed by atoms with Crippen LogP contribution >= 0.6 is 0 Å². The Bertz CT molecular complexity index is 994. The Morgan fingerprint density at radius 2 is 2.00 bits per heavy atom. The minimum absolute atomic E-state index is 0.178. The number of hydrogen-bond acceptors (Lipinski definition) is 3. The van der Waals surface area contributed by atoms with E-state index in [4.69, 9.17) is 10.1 Å². The third-order valence-electron chi connectivity index (χ3n) is 5.24. The summed E-state index contributed by atoms with van der Waals surface area (Å²) in [6, 6.07) is 8.57. The highest BCUT2D eigenvalue weighted by Crippen LogP contribution is 2.40. The quantitative estimate of drug-likeness (QED) is 0.655. The Labute approximate surface area is 155 Å². The summed E-state index contributed by atoms with van der Waals surface area (Å²) in [7, 11) is 0. The second kappa shape index (κ2) is 6.42. The molecule has 0 radical (unpaired) electrons. The van der Waals surface area contributed by atoms with E-state index in [1.54, 1.807) is 0 Å². The highest BCUT2D eigenvalue weighted by Gasteiger charge is 2.33. The molecule has 2 aromatic heterocycles. The van der Waals surface area contributed by atoms with Crippen LogP contribution in [0.1, 0.15) is 57.5 Å². The molecule has 0 saturated heterocycles. The highest BCUT2D eigenvalue weighted by molar-refractivity contribution is 6.18. The molecule has 3 aromatic rings. The van der Waals surface area contributed by atoms with Crippen molar-refractivity contribution in [2.75, 3.05) is 6.54 Å². The summed E-state index contributed by atoms with van der Waals surface area (Å²) in [6.45, 7) is 9.77. The van der Waals surface area contributed by atoms with Gasteiger partial charge in [0.15, 0.2) is 0 Å². The molecule has 0 amide bonds. The average Bonchev–Trinajstić information content (AvgIpc) is 2.98. The van der Waals surface area contributed by atoms with Gasteiger partial charge < -0.3 is 10.4 Å². The van der Waals surface area contributed by atoms with Crippen LogP contribution in [-0.2, 0) is 12.8 Å². The van der Waals surface area contributed by atoms with Gasteiger partial charge in [0.1, 0.15) is 0 Å². The standard InChI is InChI=1S/C22H28N4/c1-5-9-16-19-14-10-7-8-11-15(14)25-21(19)20-17(24-16)12-22(3,4)13-18(20)26-23-6-2/h7-8,10-11,23,25H,5-6,9,12-13H2,1-4H3/b26-18-. The number of aryl methyl sites for hydroxylation is 1. The molecule has 0 bridgehead atoms. The number of H-pyrrole nitrogens is 1. The lowest BCUT2D eigenvalue weighted by Crippen LogP contribution is -2.30. The fourth-order valence-electron chi connectivity index (χ4n) is 4.23. The molecule has 1 aromatic carbocycles. The summed E-state index contributed by atoms with van der Waals surface area (Å²) in [5.74, 6) is 0. The van der Waals surface area contributed by atoms with Gasteiger partial charge in [0.05, 0.1) is 22.6 Å². The minimum Gasteiger partial charge on any atom is -0.354 e. The number of fused-ring (bicyclic) bond motifs is 5. The number of para-hydroxylation sites is 1. The lowest BCUT2D eigenvalue weighted by Gasteiger charge is -2.32. The van der Waals surface area contributed by atoms with Crippen LogP contribution in [0.25, 0.3) is 21.8 Å². The Morgan fingerprint density at radius 1 is 1.19 bits per heavy atom. The molecule has 0 saturated carbocycles.